The van der Waals surface area contributed by atoms with E-state index in [1.807, 2.05) is 23.1 Å². The molecule has 0 spiro atoms. The molecule has 0 saturated carbocycles. The Bertz CT molecular complexity index is 376. The summed E-state index contributed by atoms with van der Waals surface area (Å²) in [6.07, 6.45) is 0.578. The summed E-state index contributed by atoms with van der Waals surface area (Å²) in [4.78, 5) is 13.7. The molecule has 1 aromatic carbocycles. The Morgan fingerprint density at radius 3 is 2.93 bits per heavy atom. The zero-order chi connectivity index (χ0) is 10.8. The van der Waals surface area contributed by atoms with Crippen molar-refractivity contribution in [2.24, 2.45) is 0 Å². The van der Waals surface area contributed by atoms with Crippen molar-refractivity contribution in [3.63, 3.8) is 0 Å². The molecule has 0 radical (unpaired) electrons. The number of para-hydroxylation sites is 1. The lowest BCUT2D eigenvalue weighted by molar-refractivity contribution is -0.127. The number of benzene rings is 1. The third-order valence-corrected chi connectivity index (χ3v) is 2.85. The molecule has 1 unspecified atom stereocenters. The molecular formula is C12H15NO2. The van der Waals surface area contributed by atoms with E-state index < -0.39 is 0 Å². The molecule has 0 N–H and O–H groups in total. The SMILES string of the molecule is COC(C)C(=O)N1CCc2ccccc21. The molecule has 0 bridgehead atoms. The summed E-state index contributed by atoms with van der Waals surface area (Å²) in [5, 5.41) is 0. The normalized spacial score (nSPS) is 16.3. The fourth-order valence-electron chi connectivity index (χ4n) is 1.89. The number of carbonyl (C=O) groups is 1. The van der Waals surface area contributed by atoms with Crippen LogP contribution in [0.15, 0.2) is 24.3 Å². The molecular weight excluding hydrogens is 190 g/mol. The molecule has 0 fully saturated rings. The fourth-order valence-corrected chi connectivity index (χ4v) is 1.89. The van der Waals surface area contributed by atoms with Crippen LogP contribution in [-0.4, -0.2) is 25.7 Å². The second-order valence-electron chi connectivity index (χ2n) is 3.75. The first kappa shape index (κ1) is 10.2. The second kappa shape index (κ2) is 4.03. The van der Waals surface area contributed by atoms with Crippen molar-refractivity contribution in [3.05, 3.63) is 29.8 Å². The largest absolute Gasteiger partial charge is 0.372 e. The van der Waals surface area contributed by atoms with Gasteiger partial charge in [0.05, 0.1) is 0 Å². The molecule has 15 heavy (non-hydrogen) atoms. The molecule has 1 aromatic rings. The Labute approximate surface area is 89.7 Å². The quantitative estimate of drug-likeness (QED) is 0.734. The molecule has 1 heterocycles. The van der Waals surface area contributed by atoms with Crippen molar-refractivity contribution in [1.29, 1.82) is 0 Å². The van der Waals surface area contributed by atoms with Gasteiger partial charge in [0.1, 0.15) is 6.10 Å². The second-order valence-corrected chi connectivity index (χ2v) is 3.75. The predicted octanol–water partition coefficient (Wildman–Crippen LogP) is 1.61. The molecule has 1 aliphatic heterocycles. The zero-order valence-electron chi connectivity index (χ0n) is 9.06. The van der Waals surface area contributed by atoms with Gasteiger partial charge in [0.25, 0.3) is 5.91 Å². The molecule has 0 aliphatic carbocycles. The molecule has 0 saturated heterocycles. The maximum Gasteiger partial charge on any atom is 0.255 e. The first-order chi connectivity index (χ1) is 7.24. The van der Waals surface area contributed by atoms with Gasteiger partial charge in [-0.05, 0) is 25.0 Å². The summed E-state index contributed by atoms with van der Waals surface area (Å²) in [5.74, 6) is 0.0439. The minimum atomic E-state index is -0.365. The van der Waals surface area contributed by atoms with Gasteiger partial charge in [-0.15, -0.1) is 0 Å². The third kappa shape index (κ3) is 1.75. The van der Waals surface area contributed by atoms with Crippen molar-refractivity contribution >= 4 is 11.6 Å². The van der Waals surface area contributed by atoms with Crippen molar-refractivity contribution in [2.75, 3.05) is 18.6 Å². The lowest BCUT2D eigenvalue weighted by Gasteiger charge is -2.20. The number of fused-ring (bicyclic) bond motifs is 1. The van der Waals surface area contributed by atoms with E-state index in [9.17, 15) is 4.79 Å². The fraction of sp³-hybridized carbons (Fsp3) is 0.417. The van der Waals surface area contributed by atoms with Crippen LogP contribution in [0.2, 0.25) is 0 Å². The van der Waals surface area contributed by atoms with E-state index >= 15 is 0 Å². The molecule has 3 heteroatoms. The van der Waals surface area contributed by atoms with Crippen molar-refractivity contribution in [1.82, 2.24) is 0 Å². The minimum absolute atomic E-state index is 0.0439. The summed E-state index contributed by atoms with van der Waals surface area (Å²) in [7, 11) is 1.56. The lowest BCUT2D eigenvalue weighted by Crippen LogP contribution is -2.37. The first-order valence-corrected chi connectivity index (χ1v) is 5.16. The van der Waals surface area contributed by atoms with Gasteiger partial charge in [-0.1, -0.05) is 18.2 Å². The topological polar surface area (TPSA) is 29.5 Å². The van der Waals surface area contributed by atoms with Crippen molar-refractivity contribution in [2.45, 2.75) is 19.4 Å². The standard InChI is InChI=1S/C12H15NO2/c1-9(15-2)12(14)13-8-7-10-5-3-4-6-11(10)13/h3-6,9H,7-8H2,1-2H3. The Morgan fingerprint density at radius 2 is 2.20 bits per heavy atom. The average molecular weight is 205 g/mol. The molecule has 1 amide bonds. The van der Waals surface area contributed by atoms with Crippen LogP contribution in [0.1, 0.15) is 12.5 Å². The smallest absolute Gasteiger partial charge is 0.255 e. The summed E-state index contributed by atoms with van der Waals surface area (Å²) >= 11 is 0. The van der Waals surface area contributed by atoms with E-state index in [-0.39, 0.29) is 12.0 Å². The van der Waals surface area contributed by atoms with Crippen LogP contribution in [0.4, 0.5) is 5.69 Å². The van der Waals surface area contributed by atoms with Gasteiger partial charge in [-0.25, -0.2) is 0 Å². The maximum absolute atomic E-state index is 11.9. The van der Waals surface area contributed by atoms with Gasteiger partial charge in [-0.3, -0.25) is 4.79 Å². The predicted molar refractivity (Wildman–Crippen MR) is 59.0 cm³/mol. The summed E-state index contributed by atoms with van der Waals surface area (Å²) in [5.41, 5.74) is 2.28. The Morgan fingerprint density at radius 1 is 1.47 bits per heavy atom. The van der Waals surface area contributed by atoms with Gasteiger partial charge >= 0.3 is 0 Å². The monoisotopic (exact) mass is 205 g/mol. The van der Waals surface area contributed by atoms with Gasteiger partial charge in [0.15, 0.2) is 0 Å². The van der Waals surface area contributed by atoms with Crippen molar-refractivity contribution < 1.29 is 9.53 Å². The van der Waals surface area contributed by atoms with Gasteiger partial charge < -0.3 is 9.64 Å². The summed E-state index contributed by atoms with van der Waals surface area (Å²) in [6, 6.07) is 8.02. The number of methoxy groups -OCH3 is 1. The highest BCUT2D eigenvalue weighted by Gasteiger charge is 2.27. The van der Waals surface area contributed by atoms with E-state index in [4.69, 9.17) is 4.74 Å². The minimum Gasteiger partial charge on any atom is -0.372 e. The highest BCUT2D eigenvalue weighted by atomic mass is 16.5. The molecule has 1 aliphatic rings. The van der Waals surface area contributed by atoms with E-state index in [1.54, 1.807) is 14.0 Å². The van der Waals surface area contributed by atoms with Gasteiger partial charge in [0.2, 0.25) is 0 Å². The van der Waals surface area contributed by atoms with Crippen LogP contribution >= 0.6 is 0 Å². The highest BCUT2D eigenvalue weighted by molar-refractivity contribution is 5.98. The van der Waals surface area contributed by atoms with E-state index in [1.165, 1.54) is 5.56 Å². The molecule has 1 atom stereocenters. The maximum atomic E-state index is 11.9. The van der Waals surface area contributed by atoms with Gasteiger partial charge in [0, 0.05) is 19.3 Å². The number of ether oxygens (including phenoxy) is 1. The number of carbonyl (C=O) groups excluding carboxylic acids is 1. The first-order valence-electron chi connectivity index (χ1n) is 5.16. The van der Waals surface area contributed by atoms with Crippen LogP contribution in [0.5, 0.6) is 0 Å². The summed E-state index contributed by atoms with van der Waals surface area (Å²) < 4.78 is 5.05. The third-order valence-electron chi connectivity index (χ3n) is 2.85. The molecule has 2 rings (SSSR count). The molecule has 0 aromatic heterocycles. The van der Waals surface area contributed by atoms with E-state index in [2.05, 4.69) is 6.07 Å². The van der Waals surface area contributed by atoms with Crippen LogP contribution in [0.3, 0.4) is 0 Å². The lowest BCUT2D eigenvalue weighted by atomic mass is 10.2. The number of hydrogen-bond acceptors (Lipinski definition) is 2. The molecule has 3 nitrogen and oxygen atoms in total. The van der Waals surface area contributed by atoms with E-state index in [0.717, 1.165) is 18.7 Å². The number of anilines is 1. The van der Waals surface area contributed by atoms with E-state index in [0.29, 0.717) is 0 Å². The molecule has 80 valence electrons. The highest BCUT2D eigenvalue weighted by Crippen LogP contribution is 2.27. The van der Waals surface area contributed by atoms with Crippen LogP contribution in [0, 0.1) is 0 Å². The van der Waals surface area contributed by atoms with Crippen LogP contribution in [-0.2, 0) is 16.0 Å². The average Bonchev–Trinajstić information content (AvgIpc) is 2.70. The van der Waals surface area contributed by atoms with Crippen LogP contribution < -0.4 is 4.90 Å². The summed E-state index contributed by atoms with van der Waals surface area (Å²) in [6.45, 7) is 2.55. The zero-order valence-corrected chi connectivity index (χ0v) is 9.06. The van der Waals surface area contributed by atoms with Gasteiger partial charge in [-0.2, -0.15) is 0 Å². The Kier molecular flexibility index (Phi) is 2.73. The Balaban J connectivity index is 2.24. The van der Waals surface area contributed by atoms with Crippen molar-refractivity contribution in [3.8, 4) is 0 Å². The number of amides is 1. The number of hydrogen-bond donors (Lipinski definition) is 0. The number of rotatable bonds is 2. The van der Waals surface area contributed by atoms with Crippen LogP contribution in [0.25, 0.3) is 0 Å². The Hall–Kier alpha value is -1.35. The number of nitrogens with zero attached hydrogens (tertiary/aromatic N) is 1.